The van der Waals surface area contributed by atoms with Crippen molar-refractivity contribution < 1.29 is 4.79 Å². The summed E-state index contributed by atoms with van der Waals surface area (Å²) in [5.74, 6) is 0.273. The summed E-state index contributed by atoms with van der Waals surface area (Å²) in [6.07, 6.45) is 0.897. The number of nitrogens with one attached hydrogen (secondary N) is 1. The molecule has 0 spiro atoms. The van der Waals surface area contributed by atoms with Gasteiger partial charge in [0.1, 0.15) is 5.78 Å². The van der Waals surface area contributed by atoms with Crippen LogP contribution in [0.5, 0.6) is 0 Å². The number of hydrogen-bond donors (Lipinski definition) is 1. The van der Waals surface area contributed by atoms with Gasteiger partial charge in [-0.15, -0.1) is 11.6 Å². The Labute approximate surface area is 85.0 Å². The van der Waals surface area contributed by atoms with E-state index in [0.29, 0.717) is 0 Å². The first-order chi connectivity index (χ1) is 5.93. The molecule has 1 saturated heterocycles. The summed E-state index contributed by atoms with van der Waals surface area (Å²) in [5.41, 5.74) is -0.267. The van der Waals surface area contributed by atoms with Gasteiger partial charge in [0.15, 0.2) is 0 Å². The van der Waals surface area contributed by atoms with Crippen LogP contribution in [0.4, 0.5) is 0 Å². The van der Waals surface area contributed by atoms with E-state index in [-0.39, 0.29) is 22.5 Å². The summed E-state index contributed by atoms with van der Waals surface area (Å²) in [4.78, 5) is 11.9. The second kappa shape index (κ2) is 3.97. The monoisotopic (exact) mass is 203 g/mol. The molecule has 1 heterocycles. The van der Waals surface area contributed by atoms with Gasteiger partial charge in [0.2, 0.25) is 0 Å². The van der Waals surface area contributed by atoms with Crippen molar-refractivity contribution in [1.29, 1.82) is 0 Å². The number of Topliss-reactive ketones (excluding diaryl/α,β-unsaturated/α-hetero) is 1. The highest BCUT2D eigenvalue weighted by atomic mass is 35.5. The number of ketones is 1. The lowest BCUT2D eigenvalue weighted by Crippen LogP contribution is -2.45. The fourth-order valence-corrected chi connectivity index (χ4v) is 1.95. The van der Waals surface area contributed by atoms with Crippen LogP contribution in [-0.2, 0) is 4.79 Å². The van der Waals surface area contributed by atoms with Crippen LogP contribution in [0.15, 0.2) is 0 Å². The van der Waals surface area contributed by atoms with E-state index < -0.39 is 0 Å². The summed E-state index contributed by atoms with van der Waals surface area (Å²) in [5, 5.41) is 3.23. The molecule has 0 aliphatic carbocycles. The Morgan fingerprint density at radius 2 is 2.08 bits per heavy atom. The Bertz CT molecular complexity index is 198. The Kier molecular flexibility index (Phi) is 3.36. The molecular formula is C10H18ClNO. The Balaban J connectivity index is 2.64. The average Bonchev–Trinajstić information content (AvgIpc) is 2.02. The van der Waals surface area contributed by atoms with E-state index >= 15 is 0 Å². The molecule has 1 fully saturated rings. The molecule has 0 amide bonds. The van der Waals surface area contributed by atoms with E-state index in [0.717, 1.165) is 19.5 Å². The van der Waals surface area contributed by atoms with E-state index in [9.17, 15) is 4.79 Å². The lowest BCUT2D eigenvalue weighted by atomic mass is 9.80. The zero-order valence-corrected chi connectivity index (χ0v) is 9.32. The third-order valence-electron chi connectivity index (χ3n) is 2.47. The van der Waals surface area contributed by atoms with Gasteiger partial charge in [0.05, 0.1) is 0 Å². The van der Waals surface area contributed by atoms with Crippen molar-refractivity contribution in [1.82, 2.24) is 5.32 Å². The normalized spacial score (nSPS) is 30.2. The largest absolute Gasteiger partial charge is 0.316 e. The molecule has 0 bridgehead atoms. The minimum absolute atomic E-state index is 0.00424. The first kappa shape index (κ1) is 11.0. The van der Waals surface area contributed by atoms with Crippen LogP contribution in [0.3, 0.4) is 0 Å². The van der Waals surface area contributed by atoms with Gasteiger partial charge in [-0.05, 0) is 13.0 Å². The standard InChI is InChI=1S/C10H18ClNO/c1-10(2,3)9(13)7-6-12-5-4-8(7)11/h7-8,12H,4-6H2,1-3H3. The Morgan fingerprint density at radius 1 is 1.46 bits per heavy atom. The fourth-order valence-electron chi connectivity index (χ4n) is 1.64. The third-order valence-corrected chi connectivity index (χ3v) is 3.00. The first-order valence-electron chi connectivity index (χ1n) is 4.82. The van der Waals surface area contributed by atoms with E-state index in [1.54, 1.807) is 0 Å². The van der Waals surface area contributed by atoms with Gasteiger partial charge in [-0.1, -0.05) is 20.8 Å². The number of carbonyl (C=O) groups excluding carboxylic acids is 1. The van der Waals surface area contributed by atoms with Crippen LogP contribution in [0.2, 0.25) is 0 Å². The van der Waals surface area contributed by atoms with Gasteiger partial charge in [-0.3, -0.25) is 4.79 Å². The van der Waals surface area contributed by atoms with Crippen molar-refractivity contribution in [3.8, 4) is 0 Å². The summed E-state index contributed by atoms with van der Waals surface area (Å²) < 4.78 is 0. The summed E-state index contributed by atoms with van der Waals surface area (Å²) in [6.45, 7) is 7.53. The molecule has 1 aliphatic heterocycles. The third kappa shape index (κ3) is 2.68. The van der Waals surface area contributed by atoms with Crippen molar-refractivity contribution >= 4 is 17.4 Å². The van der Waals surface area contributed by atoms with Crippen LogP contribution in [-0.4, -0.2) is 24.2 Å². The molecule has 76 valence electrons. The molecule has 0 aromatic rings. The quantitative estimate of drug-likeness (QED) is 0.659. The zero-order valence-electron chi connectivity index (χ0n) is 8.56. The van der Waals surface area contributed by atoms with Gasteiger partial charge in [-0.2, -0.15) is 0 Å². The predicted octanol–water partition coefficient (Wildman–Crippen LogP) is 1.82. The predicted molar refractivity (Wildman–Crippen MR) is 55.1 cm³/mol. The highest BCUT2D eigenvalue weighted by Gasteiger charge is 2.35. The number of hydrogen-bond acceptors (Lipinski definition) is 2. The molecule has 0 aromatic heterocycles. The number of piperidine rings is 1. The number of rotatable bonds is 1. The topological polar surface area (TPSA) is 29.1 Å². The minimum Gasteiger partial charge on any atom is -0.316 e. The molecule has 1 rings (SSSR count). The van der Waals surface area contributed by atoms with Gasteiger partial charge >= 0.3 is 0 Å². The molecule has 2 nitrogen and oxygen atoms in total. The van der Waals surface area contributed by atoms with Crippen LogP contribution in [0, 0.1) is 11.3 Å². The maximum absolute atomic E-state index is 11.9. The highest BCUT2D eigenvalue weighted by Crippen LogP contribution is 2.27. The molecule has 2 unspecified atom stereocenters. The maximum atomic E-state index is 11.9. The summed E-state index contributed by atoms with van der Waals surface area (Å²) in [6, 6.07) is 0. The minimum atomic E-state index is -0.267. The van der Waals surface area contributed by atoms with Crippen LogP contribution in [0.25, 0.3) is 0 Å². The van der Waals surface area contributed by atoms with Gasteiger partial charge in [0, 0.05) is 23.3 Å². The molecule has 0 aromatic carbocycles. The smallest absolute Gasteiger partial charge is 0.144 e. The second-order valence-corrected chi connectivity index (χ2v) is 5.29. The number of carbonyl (C=O) groups is 1. The second-order valence-electron chi connectivity index (χ2n) is 4.73. The molecular weight excluding hydrogens is 186 g/mol. The van der Waals surface area contributed by atoms with Crippen LogP contribution >= 0.6 is 11.6 Å². The number of halogens is 1. The first-order valence-corrected chi connectivity index (χ1v) is 5.25. The zero-order chi connectivity index (χ0) is 10.1. The molecule has 3 heteroatoms. The van der Waals surface area contributed by atoms with Crippen LogP contribution in [0.1, 0.15) is 27.2 Å². The fraction of sp³-hybridized carbons (Fsp3) is 0.900. The molecule has 0 radical (unpaired) electrons. The van der Waals surface area contributed by atoms with E-state index in [1.807, 2.05) is 20.8 Å². The molecule has 13 heavy (non-hydrogen) atoms. The lowest BCUT2D eigenvalue weighted by Gasteiger charge is -2.31. The molecule has 1 N–H and O–H groups in total. The van der Waals surface area contributed by atoms with Crippen molar-refractivity contribution in [2.24, 2.45) is 11.3 Å². The van der Waals surface area contributed by atoms with Gasteiger partial charge < -0.3 is 5.32 Å². The Morgan fingerprint density at radius 3 is 2.54 bits per heavy atom. The lowest BCUT2D eigenvalue weighted by molar-refractivity contribution is -0.130. The van der Waals surface area contributed by atoms with Gasteiger partial charge in [0.25, 0.3) is 0 Å². The molecule has 0 saturated carbocycles. The Hall–Kier alpha value is -0.0800. The number of alkyl halides is 1. The van der Waals surface area contributed by atoms with Crippen molar-refractivity contribution in [3.05, 3.63) is 0 Å². The molecule has 2 atom stereocenters. The SMILES string of the molecule is CC(C)(C)C(=O)C1CNCCC1Cl. The summed E-state index contributed by atoms with van der Waals surface area (Å²) in [7, 11) is 0. The maximum Gasteiger partial charge on any atom is 0.144 e. The molecule has 1 aliphatic rings. The van der Waals surface area contributed by atoms with Gasteiger partial charge in [-0.25, -0.2) is 0 Å². The highest BCUT2D eigenvalue weighted by molar-refractivity contribution is 6.22. The van der Waals surface area contributed by atoms with Crippen molar-refractivity contribution in [3.63, 3.8) is 0 Å². The average molecular weight is 204 g/mol. The van der Waals surface area contributed by atoms with Crippen LogP contribution < -0.4 is 5.32 Å². The van der Waals surface area contributed by atoms with Crippen molar-refractivity contribution in [2.75, 3.05) is 13.1 Å². The van der Waals surface area contributed by atoms with E-state index in [1.165, 1.54) is 0 Å². The van der Waals surface area contributed by atoms with E-state index in [4.69, 9.17) is 11.6 Å². The summed E-state index contributed by atoms with van der Waals surface area (Å²) >= 11 is 6.12. The van der Waals surface area contributed by atoms with Crippen molar-refractivity contribution in [2.45, 2.75) is 32.6 Å². The van der Waals surface area contributed by atoms with E-state index in [2.05, 4.69) is 5.32 Å².